The number of benzene rings is 3. The zero-order valence-electron chi connectivity index (χ0n) is 19.3. The second-order valence-corrected chi connectivity index (χ2v) is 9.20. The van der Waals surface area contributed by atoms with E-state index in [9.17, 15) is 4.79 Å². The van der Waals surface area contributed by atoms with Crippen LogP contribution in [0, 0.1) is 0 Å². The standard InChI is InChI=1S/C28H26N4O2S/c33-27(21-35-25-9-5-2-6-10-25)31-17-19-32(20-18-31)28-29-16-15-26(30-28)22-11-13-24(14-12-22)34-23-7-3-1-4-8-23/h1-16H,17-21H2. The SMILES string of the molecule is O=C(CSc1ccccc1)N1CCN(c2nccc(-c3ccc(Oc4ccccc4)cc3)n2)CC1. The zero-order valence-corrected chi connectivity index (χ0v) is 20.1. The van der Waals surface area contributed by atoms with Gasteiger partial charge in [0.2, 0.25) is 11.9 Å². The number of rotatable bonds is 7. The number of carbonyl (C=O) groups is 1. The van der Waals surface area contributed by atoms with Gasteiger partial charge in [-0.05, 0) is 54.6 Å². The van der Waals surface area contributed by atoms with Crippen molar-refractivity contribution < 1.29 is 9.53 Å². The molecule has 0 spiro atoms. The number of thioether (sulfide) groups is 1. The van der Waals surface area contributed by atoms with Gasteiger partial charge in [-0.3, -0.25) is 4.79 Å². The highest BCUT2D eigenvalue weighted by Crippen LogP contribution is 2.26. The molecule has 1 aromatic heterocycles. The first kappa shape index (κ1) is 22.9. The van der Waals surface area contributed by atoms with Gasteiger partial charge in [-0.15, -0.1) is 11.8 Å². The Balaban J connectivity index is 1.17. The number of aromatic nitrogens is 2. The summed E-state index contributed by atoms with van der Waals surface area (Å²) in [6, 6.07) is 29.6. The Morgan fingerprint density at radius 1 is 0.800 bits per heavy atom. The van der Waals surface area contributed by atoms with E-state index >= 15 is 0 Å². The maximum Gasteiger partial charge on any atom is 0.233 e. The zero-order chi connectivity index (χ0) is 23.9. The van der Waals surface area contributed by atoms with Gasteiger partial charge in [0.15, 0.2) is 0 Å². The van der Waals surface area contributed by atoms with Crippen molar-refractivity contribution in [2.75, 3.05) is 36.8 Å². The van der Waals surface area contributed by atoms with Gasteiger partial charge >= 0.3 is 0 Å². The minimum atomic E-state index is 0.172. The molecule has 0 N–H and O–H groups in total. The Morgan fingerprint density at radius 3 is 2.17 bits per heavy atom. The lowest BCUT2D eigenvalue weighted by molar-refractivity contribution is -0.128. The van der Waals surface area contributed by atoms with Crippen molar-refractivity contribution in [1.29, 1.82) is 0 Å². The Hall–Kier alpha value is -3.84. The van der Waals surface area contributed by atoms with E-state index in [1.54, 1.807) is 18.0 Å². The van der Waals surface area contributed by atoms with Gasteiger partial charge in [-0.25, -0.2) is 9.97 Å². The lowest BCUT2D eigenvalue weighted by atomic mass is 10.1. The number of ether oxygens (including phenoxy) is 1. The van der Waals surface area contributed by atoms with Gasteiger partial charge in [-0.1, -0.05) is 36.4 Å². The van der Waals surface area contributed by atoms with Crippen LogP contribution in [-0.2, 0) is 4.79 Å². The summed E-state index contributed by atoms with van der Waals surface area (Å²) in [6.45, 7) is 2.78. The molecule has 6 nitrogen and oxygen atoms in total. The van der Waals surface area contributed by atoms with Crippen LogP contribution in [0.2, 0.25) is 0 Å². The normalized spacial score (nSPS) is 13.5. The van der Waals surface area contributed by atoms with Gasteiger partial charge in [0, 0.05) is 42.8 Å². The number of carbonyl (C=O) groups excluding carboxylic acids is 1. The Bertz CT molecular complexity index is 1240. The molecule has 3 aromatic carbocycles. The number of amides is 1. The summed E-state index contributed by atoms with van der Waals surface area (Å²) < 4.78 is 5.89. The number of hydrogen-bond acceptors (Lipinski definition) is 6. The third-order valence-electron chi connectivity index (χ3n) is 5.79. The van der Waals surface area contributed by atoms with Crippen LogP contribution < -0.4 is 9.64 Å². The highest BCUT2D eigenvalue weighted by atomic mass is 32.2. The first-order valence-corrected chi connectivity index (χ1v) is 12.6. The molecule has 7 heteroatoms. The van der Waals surface area contributed by atoms with Gasteiger partial charge in [-0.2, -0.15) is 0 Å². The molecule has 1 saturated heterocycles. The molecule has 1 fully saturated rings. The van der Waals surface area contributed by atoms with Gasteiger partial charge in [0.05, 0.1) is 11.4 Å². The topological polar surface area (TPSA) is 58.6 Å². The highest BCUT2D eigenvalue weighted by molar-refractivity contribution is 8.00. The first-order chi connectivity index (χ1) is 17.2. The third kappa shape index (κ3) is 6.00. The van der Waals surface area contributed by atoms with Crippen LogP contribution in [0.15, 0.2) is 102 Å². The lowest BCUT2D eigenvalue weighted by Gasteiger charge is -2.34. The Kier molecular flexibility index (Phi) is 7.24. The van der Waals surface area contributed by atoms with Crippen molar-refractivity contribution in [3.8, 4) is 22.8 Å². The molecule has 5 rings (SSSR count). The molecule has 1 aliphatic heterocycles. The average Bonchev–Trinajstić information content (AvgIpc) is 2.93. The number of piperazine rings is 1. The van der Waals surface area contributed by atoms with E-state index in [1.807, 2.05) is 95.9 Å². The van der Waals surface area contributed by atoms with Gasteiger partial charge < -0.3 is 14.5 Å². The summed E-state index contributed by atoms with van der Waals surface area (Å²) in [5.41, 5.74) is 1.86. The monoisotopic (exact) mass is 482 g/mol. The van der Waals surface area contributed by atoms with Crippen LogP contribution in [0.3, 0.4) is 0 Å². The Labute approximate surface area is 209 Å². The number of anilines is 1. The lowest BCUT2D eigenvalue weighted by Crippen LogP contribution is -2.49. The van der Waals surface area contributed by atoms with Crippen LogP contribution in [0.1, 0.15) is 0 Å². The fraction of sp³-hybridized carbons (Fsp3) is 0.179. The van der Waals surface area contributed by atoms with Crippen molar-refractivity contribution in [1.82, 2.24) is 14.9 Å². The second kappa shape index (κ2) is 11.1. The number of hydrogen-bond donors (Lipinski definition) is 0. The number of para-hydroxylation sites is 1. The van der Waals surface area contributed by atoms with Crippen LogP contribution in [0.4, 0.5) is 5.95 Å². The van der Waals surface area contributed by atoms with Gasteiger partial charge in [0.25, 0.3) is 0 Å². The molecule has 0 aliphatic carbocycles. The fourth-order valence-corrected chi connectivity index (χ4v) is 4.71. The van der Waals surface area contributed by atoms with Crippen molar-refractivity contribution in [3.63, 3.8) is 0 Å². The van der Waals surface area contributed by atoms with Crippen molar-refractivity contribution in [3.05, 3.63) is 97.2 Å². The van der Waals surface area contributed by atoms with Crippen molar-refractivity contribution >= 4 is 23.6 Å². The molecule has 0 bridgehead atoms. The van der Waals surface area contributed by atoms with Crippen molar-refractivity contribution in [2.45, 2.75) is 4.90 Å². The molecule has 1 amide bonds. The van der Waals surface area contributed by atoms with E-state index in [1.165, 1.54) is 0 Å². The number of nitrogens with zero attached hydrogens (tertiary/aromatic N) is 4. The summed E-state index contributed by atoms with van der Waals surface area (Å²) >= 11 is 1.58. The predicted octanol–water partition coefficient (Wildman–Crippen LogP) is 5.38. The highest BCUT2D eigenvalue weighted by Gasteiger charge is 2.22. The molecule has 4 aromatic rings. The maximum atomic E-state index is 12.6. The molecule has 176 valence electrons. The van der Waals surface area contributed by atoms with Gasteiger partial charge in [0.1, 0.15) is 11.5 Å². The molecule has 0 radical (unpaired) electrons. The summed E-state index contributed by atoms with van der Waals surface area (Å²) in [6.07, 6.45) is 1.79. The molecule has 1 aliphatic rings. The van der Waals surface area contributed by atoms with Crippen LogP contribution in [-0.4, -0.2) is 52.7 Å². The molecular weight excluding hydrogens is 456 g/mol. The summed E-state index contributed by atoms with van der Waals surface area (Å²) in [4.78, 5) is 27.1. The smallest absolute Gasteiger partial charge is 0.233 e. The molecule has 2 heterocycles. The second-order valence-electron chi connectivity index (χ2n) is 8.15. The minimum absolute atomic E-state index is 0.172. The molecule has 0 saturated carbocycles. The third-order valence-corrected chi connectivity index (χ3v) is 6.79. The van der Waals surface area contributed by atoms with Crippen LogP contribution in [0.25, 0.3) is 11.3 Å². The summed E-state index contributed by atoms with van der Waals surface area (Å²) in [5.74, 6) is 2.91. The Morgan fingerprint density at radius 2 is 1.46 bits per heavy atom. The van der Waals surface area contributed by atoms with E-state index in [0.717, 1.165) is 40.7 Å². The largest absolute Gasteiger partial charge is 0.457 e. The van der Waals surface area contributed by atoms with E-state index in [0.29, 0.717) is 24.8 Å². The van der Waals surface area contributed by atoms with Crippen LogP contribution in [0.5, 0.6) is 11.5 Å². The van der Waals surface area contributed by atoms with E-state index < -0.39 is 0 Å². The fourth-order valence-electron chi connectivity index (χ4n) is 3.89. The average molecular weight is 483 g/mol. The maximum absolute atomic E-state index is 12.6. The molecule has 35 heavy (non-hydrogen) atoms. The quantitative estimate of drug-likeness (QED) is 0.330. The summed E-state index contributed by atoms with van der Waals surface area (Å²) in [7, 11) is 0. The van der Waals surface area contributed by atoms with E-state index in [-0.39, 0.29) is 5.91 Å². The summed E-state index contributed by atoms with van der Waals surface area (Å²) in [5, 5.41) is 0. The molecule has 0 unspecified atom stereocenters. The molecular formula is C28H26N4O2S. The van der Waals surface area contributed by atoms with E-state index in [4.69, 9.17) is 9.72 Å². The predicted molar refractivity (Wildman–Crippen MR) is 140 cm³/mol. The first-order valence-electron chi connectivity index (χ1n) is 11.6. The minimum Gasteiger partial charge on any atom is -0.457 e. The van der Waals surface area contributed by atoms with Crippen LogP contribution >= 0.6 is 11.8 Å². The molecule has 0 atom stereocenters. The van der Waals surface area contributed by atoms with Crippen molar-refractivity contribution in [2.24, 2.45) is 0 Å². The van der Waals surface area contributed by atoms with E-state index in [2.05, 4.69) is 9.88 Å².